The number of non-ortho nitro benzene ring substituents is 1. The number of ether oxygens (including phenoxy) is 1. The van der Waals surface area contributed by atoms with Crippen molar-refractivity contribution in [2.24, 2.45) is 0 Å². The molecule has 0 saturated carbocycles. The van der Waals surface area contributed by atoms with E-state index in [1.165, 1.54) is 42.3 Å². The van der Waals surface area contributed by atoms with Crippen molar-refractivity contribution in [1.82, 2.24) is 4.90 Å². The Morgan fingerprint density at radius 2 is 1.93 bits per heavy atom. The second kappa shape index (κ2) is 8.83. The van der Waals surface area contributed by atoms with Gasteiger partial charge in [0.15, 0.2) is 0 Å². The van der Waals surface area contributed by atoms with Gasteiger partial charge in [-0.1, -0.05) is 41.4 Å². The van der Waals surface area contributed by atoms with Crippen molar-refractivity contribution in [3.05, 3.63) is 79.3 Å². The topological polar surface area (TPSA) is 110 Å². The summed E-state index contributed by atoms with van der Waals surface area (Å²) in [4.78, 5) is 37.2. The van der Waals surface area contributed by atoms with Gasteiger partial charge in [-0.25, -0.2) is 0 Å². The molecule has 8 nitrogen and oxygen atoms in total. The molecule has 0 aliphatic carbocycles. The summed E-state index contributed by atoms with van der Waals surface area (Å²) in [6.07, 6.45) is 0. The molecular weight excluding hydrogens is 435 g/mol. The quantitative estimate of drug-likeness (QED) is 0.234. The molecule has 1 aliphatic rings. The average molecular weight is 451 g/mol. The summed E-state index contributed by atoms with van der Waals surface area (Å²) in [6, 6.07) is 8.82. The lowest BCUT2D eigenvalue weighted by Crippen LogP contribution is -2.32. The molecule has 2 aromatic carbocycles. The van der Waals surface area contributed by atoms with E-state index in [0.717, 1.165) is 6.07 Å². The summed E-state index contributed by atoms with van der Waals surface area (Å²) < 4.78 is 5.03. The number of aliphatic hydroxyl groups is 1. The van der Waals surface area contributed by atoms with Crippen molar-refractivity contribution in [2.75, 3.05) is 20.3 Å². The number of Topliss-reactive ketones (excluding diaryl/α,β-unsaturated/α-hetero) is 1. The van der Waals surface area contributed by atoms with Crippen LogP contribution in [0.5, 0.6) is 0 Å². The van der Waals surface area contributed by atoms with Crippen molar-refractivity contribution in [2.45, 2.75) is 6.04 Å². The fourth-order valence-electron chi connectivity index (χ4n) is 3.25. The van der Waals surface area contributed by atoms with Crippen LogP contribution in [0.25, 0.3) is 5.76 Å². The molecule has 1 heterocycles. The van der Waals surface area contributed by atoms with Crippen LogP contribution >= 0.6 is 23.2 Å². The van der Waals surface area contributed by atoms with Crippen LogP contribution in [0.3, 0.4) is 0 Å². The Balaban J connectivity index is 2.20. The van der Waals surface area contributed by atoms with E-state index in [9.17, 15) is 24.8 Å². The van der Waals surface area contributed by atoms with Gasteiger partial charge < -0.3 is 14.7 Å². The number of methoxy groups -OCH3 is 1. The van der Waals surface area contributed by atoms with Gasteiger partial charge in [0, 0.05) is 31.4 Å². The van der Waals surface area contributed by atoms with E-state index in [4.69, 9.17) is 27.9 Å². The van der Waals surface area contributed by atoms with Gasteiger partial charge in [-0.3, -0.25) is 19.7 Å². The summed E-state index contributed by atoms with van der Waals surface area (Å²) >= 11 is 12.1. The second-order valence-electron chi connectivity index (χ2n) is 6.47. The lowest BCUT2D eigenvalue weighted by Gasteiger charge is -2.25. The highest BCUT2D eigenvalue weighted by Gasteiger charge is 2.46. The lowest BCUT2D eigenvalue weighted by molar-refractivity contribution is -0.384. The number of likely N-dealkylation sites (tertiary alicyclic amines) is 1. The number of ketones is 1. The number of benzene rings is 2. The molecule has 1 unspecified atom stereocenters. The fourth-order valence-corrected chi connectivity index (χ4v) is 3.56. The molecule has 156 valence electrons. The maximum absolute atomic E-state index is 12.8. The van der Waals surface area contributed by atoms with Crippen molar-refractivity contribution < 1.29 is 24.4 Å². The zero-order chi connectivity index (χ0) is 22.0. The van der Waals surface area contributed by atoms with Gasteiger partial charge in [0.25, 0.3) is 17.4 Å². The Bertz CT molecular complexity index is 1070. The molecule has 0 radical (unpaired) electrons. The minimum absolute atomic E-state index is 0.0407. The summed E-state index contributed by atoms with van der Waals surface area (Å²) in [5.74, 6) is -2.26. The van der Waals surface area contributed by atoms with E-state index in [-0.39, 0.29) is 40.0 Å². The van der Waals surface area contributed by atoms with Gasteiger partial charge in [-0.2, -0.15) is 0 Å². The molecule has 1 atom stereocenters. The number of nitro benzene ring substituents is 1. The highest BCUT2D eigenvalue weighted by Crippen LogP contribution is 2.41. The van der Waals surface area contributed by atoms with Crippen molar-refractivity contribution in [1.29, 1.82) is 0 Å². The predicted molar refractivity (Wildman–Crippen MR) is 110 cm³/mol. The van der Waals surface area contributed by atoms with Crippen LogP contribution < -0.4 is 0 Å². The van der Waals surface area contributed by atoms with Crippen LogP contribution in [-0.2, 0) is 14.3 Å². The highest BCUT2D eigenvalue weighted by molar-refractivity contribution is 6.46. The third-order valence-corrected chi connectivity index (χ3v) is 5.41. The SMILES string of the molecule is COCCN1C(=O)C(=O)/C(=C(\O)c2cccc([N+](=O)[O-])c2)C1c1ccc(Cl)c(Cl)c1. The van der Waals surface area contributed by atoms with E-state index in [0.29, 0.717) is 5.56 Å². The summed E-state index contributed by atoms with van der Waals surface area (Å²) in [5.41, 5.74) is 0.0272. The number of nitro groups is 1. The molecule has 1 aliphatic heterocycles. The first-order valence-corrected chi connectivity index (χ1v) is 9.49. The lowest BCUT2D eigenvalue weighted by atomic mass is 9.95. The third-order valence-electron chi connectivity index (χ3n) is 4.67. The van der Waals surface area contributed by atoms with Gasteiger partial charge in [-0.05, 0) is 17.7 Å². The van der Waals surface area contributed by atoms with Gasteiger partial charge in [0.1, 0.15) is 5.76 Å². The summed E-state index contributed by atoms with van der Waals surface area (Å²) in [5, 5.41) is 22.5. The molecule has 0 aromatic heterocycles. The Morgan fingerprint density at radius 1 is 1.20 bits per heavy atom. The Morgan fingerprint density at radius 3 is 2.57 bits per heavy atom. The van der Waals surface area contributed by atoms with Gasteiger partial charge in [0.05, 0.1) is 33.2 Å². The molecule has 1 amide bonds. The van der Waals surface area contributed by atoms with Gasteiger partial charge >= 0.3 is 0 Å². The maximum atomic E-state index is 12.8. The zero-order valence-electron chi connectivity index (χ0n) is 15.7. The number of carbonyl (C=O) groups is 2. The minimum atomic E-state index is -0.964. The van der Waals surface area contributed by atoms with Crippen molar-refractivity contribution in [3.63, 3.8) is 0 Å². The van der Waals surface area contributed by atoms with Crippen LogP contribution in [0.15, 0.2) is 48.0 Å². The molecule has 30 heavy (non-hydrogen) atoms. The number of halogens is 2. The van der Waals surface area contributed by atoms with E-state index in [2.05, 4.69) is 0 Å². The van der Waals surface area contributed by atoms with Crippen LogP contribution in [0.2, 0.25) is 10.0 Å². The zero-order valence-corrected chi connectivity index (χ0v) is 17.2. The molecule has 1 N–H and O–H groups in total. The third kappa shape index (κ3) is 4.02. The van der Waals surface area contributed by atoms with E-state index in [1.807, 2.05) is 0 Å². The standard InChI is InChI=1S/C20H16Cl2N2O6/c1-30-8-7-23-17(11-5-6-14(21)15(22)10-11)16(19(26)20(23)27)18(25)12-3-2-4-13(9-12)24(28)29/h2-6,9-10,17,25H,7-8H2,1H3/b18-16-. The molecule has 10 heteroatoms. The largest absolute Gasteiger partial charge is 0.507 e. The first-order valence-electron chi connectivity index (χ1n) is 8.73. The van der Waals surface area contributed by atoms with E-state index in [1.54, 1.807) is 6.07 Å². The second-order valence-corrected chi connectivity index (χ2v) is 7.28. The molecule has 1 fully saturated rings. The Kier molecular flexibility index (Phi) is 6.40. The van der Waals surface area contributed by atoms with Crippen LogP contribution in [0.4, 0.5) is 5.69 Å². The number of rotatable bonds is 6. The van der Waals surface area contributed by atoms with Gasteiger partial charge in [0.2, 0.25) is 0 Å². The number of hydrogen-bond donors (Lipinski definition) is 1. The number of aliphatic hydroxyl groups excluding tert-OH is 1. The normalized spacial score (nSPS) is 18.1. The average Bonchev–Trinajstić information content (AvgIpc) is 2.98. The van der Waals surface area contributed by atoms with Crippen LogP contribution in [-0.4, -0.2) is 46.9 Å². The monoisotopic (exact) mass is 450 g/mol. The Labute approximate surface area is 181 Å². The van der Waals surface area contributed by atoms with Crippen molar-refractivity contribution in [3.8, 4) is 0 Å². The van der Waals surface area contributed by atoms with Crippen molar-refractivity contribution >= 4 is 46.3 Å². The van der Waals surface area contributed by atoms with Crippen LogP contribution in [0.1, 0.15) is 17.2 Å². The fraction of sp³-hybridized carbons (Fsp3) is 0.200. The van der Waals surface area contributed by atoms with Crippen LogP contribution in [0, 0.1) is 10.1 Å². The number of carbonyl (C=O) groups excluding carboxylic acids is 2. The first-order chi connectivity index (χ1) is 14.3. The smallest absolute Gasteiger partial charge is 0.295 e. The Hall–Kier alpha value is -2.94. The van der Waals surface area contributed by atoms with Gasteiger partial charge in [-0.15, -0.1) is 0 Å². The van der Waals surface area contributed by atoms with E-state index < -0.39 is 28.4 Å². The van der Waals surface area contributed by atoms with E-state index >= 15 is 0 Å². The molecule has 0 spiro atoms. The highest BCUT2D eigenvalue weighted by atomic mass is 35.5. The molecule has 3 rings (SSSR count). The predicted octanol–water partition coefficient (Wildman–Crippen LogP) is 3.97. The summed E-state index contributed by atoms with van der Waals surface area (Å²) in [6.45, 7) is 0.236. The number of nitrogens with zero attached hydrogens (tertiary/aromatic N) is 2. The molecule has 1 saturated heterocycles. The molecule has 2 aromatic rings. The minimum Gasteiger partial charge on any atom is -0.507 e. The number of amides is 1. The number of hydrogen-bond acceptors (Lipinski definition) is 6. The first kappa shape index (κ1) is 21.8. The molecule has 0 bridgehead atoms. The molecular formula is C20H16Cl2N2O6. The maximum Gasteiger partial charge on any atom is 0.295 e. The summed E-state index contributed by atoms with van der Waals surface area (Å²) in [7, 11) is 1.45.